The van der Waals surface area contributed by atoms with Crippen LogP contribution < -0.4 is 0 Å². The van der Waals surface area contributed by atoms with Gasteiger partial charge >= 0.3 is 0 Å². The standard InChI is InChI=1S/C10H13ClOS/c1-9(2)5-10(9,6-12)8-3-7(11)4-13-8/h3-4,12H,5-6H2,1-2H3. The van der Waals surface area contributed by atoms with Crippen molar-refractivity contribution in [1.82, 2.24) is 0 Å². The van der Waals surface area contributed by atoms with Crippen molar-refractivity contribution in [3.63, 3.8) is 0 Å². The number of thiophene rings is 1. The van der Waals surface area contributed by atoms with Crippen LogP contribution in [0.4, 0.5) is 0 Å². The van der Waals surface area contributed by atoms with Gasteiger partial charge in [-0.3, -0.25) is 0 Å². The van der Waals surface area contributed by atoms with Crippen LogP contribution in [0.15, 0.2) is 11.4 Å². The summed E-state index contributed by atoms with van der Waals surface area (Å²) in [7, 11) is 0. The van der Waals surface area contributed by atoms with E-state index < -0.39 is 0 Å². The highest BCUT2D eigenvalue weighted by Gasteiger charge is 2.62. The third-order valence-corrected chi connectivity index (χ3v) is 4.71. The Morgan fingerprint density at radius 1 is 1.62 bits per heavy atom. The SMILES string of the molecule is CC1(C)CC1(CO)c1cc(Cl)cs1. The molecule has 0 aliphatic heterocycles. The molecular weight excluding hydrogens is 204 g/mol. The van der Waals surface area contributed by atoms with Crippen LogP contribution in [0.1, 0.15) is 25.1 Å². The smallest absolute Gasteiger partial charge is 0.0541 e. The fraction of sp³-hybridized carbons (Fsp3) is 0.600. The molecule has 3 heteroatoms. The van der Waals surface area contributed by atoms with Crippen molar-refractivity contribution >= 4 is 22.9 Å². The topological polar surface area (TPSA) is 20.2 Å². The molecule has 1 unspecified atom stereocenters. The Morgan fingerprint density at radius 2 is 2.23 bits per heavy atom. The van der Waals surface area contributed by atoms with Crippen LogP contribution in [-0.2, 0) is 5.41 Å². The first kappa shape index (κ1) is 9.50. The van der Waals surface area contributed by atoms with Crippen LogP contribution in [0, 0.1) is 5.41 Å². The molecule has 1 nitrogen and oxygen atoms in total. The van der Waals surface area contributed by atoms with Crippen molar-refractivity contribution in [3.05, 3.63) is 21.3 Å². The molecule has 1 aliphatic rings. The molecule has 0 saturated heterocycles. The third-order valence-electron chi connectivity index (χ3n) is 3.22. The molecule has 1 aromatic rings. The lowest BCUT2D eigenvalue weighted by molar-refractivity contribution is 0.233. The Kier molecular flexibility index (Phi) is 1.99. The number of aliphatic hydroxyl groups is 1. The van der Waals surface area contributed by atoms with E-state index in [1.807, 2.05) is 11.4 Å². The van der Waals surface area contributed by atoms with Gasteiger partial charge < -0.3 is 5.11 Å². The predicted octanol–water partition coefficient (Wildman–Crippen LogP) is 3.06. The molecule has 0 bridgehead atoms. The fourth-order valence-electron chi connectivity index (χ4n) is 2.04. The number of hydrogen-bond acceptors (Lipinski definition) is 2. The minimum absolute atomic E-state index is 0.00912. The van der Waals surface area contributed by atoms with Gasteiger partial charge in [0.15, 0.2) is 0 Å². The molecule has 2 rings (SSSR count). The second-order valence-corrected chi connectivity index (χ2v) is 5.78. The summed E-state index contributed by atoms with van der Waals surface area (Å²) in [5.74, 6) is 0. The Bertz CT molecular complexity index is 331. The summed E-state index contributed by atoms with van der Waals surface area (Å²) in [5.41, 5.74) is 0.223. The van der Waals surface area contributed by atoms with E-state index in [0.29, 0.717) is 0 Å². The van der Waals surface area contributed by atoms with Gasteiger partial charge in [-0.1, -0.05) is 25.4 Å². The first-order valence-corrected chi connectivity index (χ1v) is 5.63. The highest BCUT2D eigenvalue weighted by Crippen LogP contribution is 2.65. The Balaban J connectivity index is 2.35. The normalized spacial score (nSPS) is 30.5. The van der Waals surface area contributed by atoms with Gasteiger partial charge in [-0.15, -0.1) is 11.3 Å². The average Bonchev–Trinajstić information content (AvgIpc) is 2.43. The van der Waals surface area contributed by atoms with Crippen molar-refractivity contribution < 1.29 is 5.11 Å². The van der Waals surface area contributed by atoms with Gasteiger partial charge in [0.2, 0.25) is 0 Å². The van der Waals surface area contributed by atoms with E-state index in [4.69, 9.17) is 11.6 Å². The second-order valence-electron chi connectivity index (χ2n) is 4.43. The van der Waals surface area contributed by atoms with Crippen molar-refractivity contribution in [2.45, 2.75) is 25.7 Å². The molecule has 1 aliphatic carbocycles. The molecule has 1 saturated carbocycles. The van der Waals surface area contributed by atoms with Crippen LogP contribution in [-0.4, -0.2) is 11.7 Å². The average molecular weight is 217 g/mol. The number of halogens is 1. The van der Waals surface area contributed by atoms with E-state index in [2.05, 4.69) is 13.8 Å². The van der Waals surface area contributed by atoms with E-state index in [1.165, 1.54) is 4.88 Å². The number of hydrogen-bond donors (Lipinski definition) is 1. The van der Waals surface area contributed by atoms with Crippen molar-refractivity contribution in [3.8, 4) is 0 Å². The van der Waals surface area contributed by atoms with Crippen molar-refractivity contribution in [1.29, 1.82) is 0 Å². The lowest BCUT2D eigenvalue weighted by atomic mass is 9.95. The van der Waals surface area contributed by atoms with Gasteiger partial charge in [0, 0.05) is 15.7 Å². The van der Waals surface area contributed by atoms with Crippen LogP contribution in [0.25, 0.3) is 0 Å². The van der Waals surface area contributed by atoms with Crippen molar-refractivity contribution in [2.24, 2.45) is 5.41 Å². The van der Waals surface area contributed by atoms with Crippen LogP contribution in [0.3, 0.4) is 0 Å². The quantitative estimate of drug-likeness (QED) is 0.806. The van der Waals surface area contributed by atoms with Crippen LogP contribution in [0.2, 0.25) is 5.02 Å². The molecule has 1 heterocycles. The highest BCUT2D eigenvalue weighted by atomic mass is 35.5. The molecule has 0 aromatic carbocycles. The third kappa shape index (κ3) is 1.24. The highest BCUT2D eigenvalue weighted by molar-refractivity contribution is 7.10. The van der Waals surface area contributed by atoms with Gasteiger partial charge in [-0.2, -0.15) is 0 Å². The maximum absolute atomic E-state index is 9.42. The predicted molar refractivity (Wildman–Crippen MR) is 56.5 cm³/mol. The molecule has 72 valence electrons. The van der Waals surface area contributed by atoms with Gasteiger partial charge in [0.05, 0.1) is 11.6 Å². The van der Waals surface area contributed by atoms with Gasteiger partial charge in [-0.25, -0.2) is 0 Å². The summed E-state index contributed by atoms with van der Waals surface area (Å²) in [4.78, 5) is 1.23. The molecular formula is C10H13ClOS. The van der Waals surface area contributed by atoms with Crippen molar-refractivity contribution in [2.75, 3.05) is 6.61 Å². The minimum atomic E-state index is -0.00912. The molecule has 1 N–H and O–H groups in total. The summed E-state index contributed by atoms with van der Waals surface area (Å²) >= 11 is 7.53. The summed E-state index contributed by atoms with van der Waals surface area (Å²) in [5, 5.41) is 12.1. The molecule has 1 atom stereocenters. The molecule has 13 heavy (non-hydrogen) atoms. The molecule has 1 aromatic heterocycles. The lowest BCUT2D eigenvalue weighted by Gasteiger charge is -2.15. The molecule has 0 amide bonds. The van der Waals surface area contributed by atoms with Crippen LogP contribution in [0.5, 0.6) is 0 Å². The molecule has 1 fully saturated rings. The monoisotopic (exact) mass is 216 g/mol. The Hall–Kier alpha value is -0.0500. The lowest BCUT2D eigenvalue weighted by Crippen LogP contribution is -2.17. The minimum Gasteiger partial charge on any atom is -0.395 e. The van der Waals surface area contributed by atoms with Gasteiger partial charge in [0.25, 0.3) is 0 Å². The zero-order valence-corrected chi connectivity index (χ0v) is 9.37. The van der Waals surface area contributed by atoms with Gasteiger partial charge in [0.1, 0.15) is 0 Å². The Morgan fingerprint density at radius 3 is 2.54 bits per heavy atom. The molecule has 0 spiro atoms. The summed E-state index contributed by atoms with van der Waals surface area (Å²) in [6.45, 7) is 4.62. The first-order valence-electron chi connectivity index (χ1n) is 4.37. The maximum atomic E-state index is 9.42. The number of aliphatic hydroxyl groups excluding tert-OH is 1. The van der Waals surface area contributed by atoms with E-state index >= 15 is 0 Å². The van der Waals surface area contributed by atoms with Gasteiger partial charge in [-0.05, 0) is 17.9 Å². The fourth-order valence-corrected chi connectivity index (χ4v) is 3.49. The Labute approximate surface area is 87.4 Å². The van der Waals surface area contributed by atoms with E-state index in [0.717, 1.165) is 11.4 Å². The van der Waals surface area contributed by atoms with E-state index in [9.17, 15) is 5.11 Å². The maximum Gasteiger partial charge on any atom is 0.0541 e. The summed E-state index contributed by atoms with van der Waals surface area (Å²) in [6.07, 6.45) is 1.06. The molecule has 0 radical (unpaired) electrons. The second kappa shape index (κ2) is 2.72. The van der Waals surface area contributed by atoms with Crippen LogP contribution >= 0.6 is 22.9 Å². The first-order chi connectivity index (χ1) is 6.02. The summed E-state index contributed by atoms with van der Waals surface area (Å²) < 4.78 is 0. The zero-order valence-electron chi connectivity index (χ0n) is 7.80. The largest absolute Gasteiger partial charge is 0.395 e. The van der Waals surface area contributed by atoms with E-state index in [-0.39, 0.29) is 17.4 Å². The zero-order chi connectivity index (χ0) is 9.69. The van der Waals surface area contributed by atoms with E-state index in [1.54, 1.807) is 11.3 Å². The summed E-state index contributed by atoms with van der Waals surface area (Å²) in [6, 6.07) is 1.98. The number of rotatable bonds is 2.